The van der Waals surface area contributed by atoms with Crippen LogP contribution in [0.5, 0.6) is 0 Å². The molecule has 1 amide bonds. The maximum Gasteiger partial charge on any atom is 0.222 e. The molecule has 1 atom stereocenters. The maximum atomic E-state index is 10.7. The van der Waals surface area contributed by atoms with E-state index >= 15 is 0 Å². The van der Waals surface area contributed by atoms with Crippen molar-refractivity contribution in [1.82, 2.24) is 4.90 Å². The highest BCUT2D eigenvalue weighted by molar-refractivity contribution is 5.78. The molecule has 0 spiro atoms. The molecule has 0 aromatic rings. The molecule has 0 N–H and O–H groups in total. The van der Waals surface area contributed by atoms with E-state index in [2.05, 4.69) is 6.92 Å². The largest absolute Gasteiger partial charge is 0.343 e. The summed E-state index contributed by atoms with van der Waals surface area (Å²) < 4.78 is 0. The second kappa shape index (κ2) is 1.77. The minimum Gasteiger partial charge on any atom is -0.343 e. The van der Waals surface area contributed by atoms with Crippen molar-refractivity contribution in [3.63, 3.8) is 0 Å². The molecule has 1 saturated heterocycles. The topological polar surface area (TPSA) is 20.3 Å². The van der Waals surface area contributed by atoms with Crippen LogP contribution in [-0.4, -0.2) is 23.9 Å². The fourth-order valence-electron chi connectivity index (χ4n) is 0.948. The number of likely N-dealkylation sites (tertiary alicyclic amines) is 1. The van der Waals surface area contributed by atoms with Gasteiger partial charge < -0.3 is 4.90 Å². The lowest BCUT2D eigenvalue weighted by molar-refractivity contribution is -0.127. The zero-order chi connectivity index (χ0) is 6.15. The van der Waals surface area contributed by atoms with E-state index in [1.807, 2.05) is 7.05 Å². The smallest absolute Gasteiger partial charge is 0.222 e. The van der Waals surface area contributed by atoms with Crippen molar-refractivity contribution < 1.29 is 4.79 Å². The molecule has 1 unspecified atom stereocenters. The van der Waals surface area contributed by atoms with E-state index in [-0.39, 0.29) is 5.91 Å². The Kier molecular flexibility index (Phi) is 1.24. The van der Waals surface area contributed by atoms with Crippen LogP contribution >= 0.6 is 0 Å². The Morgan fingerprint density at radius 3 is 2.50 bits per heavy atom. The van der Waals surface area contributed by atoms with Gasteiger partial charge in [-0.25, -0.2) is 0 Å². The van der Waals surface area contributed by atoms with Gasteiger partial charge in [0.2, 0.25) is 5.91 Å². The fourth-order valence-corrected chi connectivity index (χ4v) is 0.948. The summed E-state index contributed by atoms with van der Waals surface area (Å²) in [5.74, 6) is 0.289. The van der Waals surface area contributed by atoms with Crippen molar-refractivity contribution in [2.75, 3.05) is 7.05 Å². The molecule has 8 heavy (non-hydrogen) atoms. The molecule has 1 aliphatic rings. The summed E-state index contributed by atoms with van der Waals surface area (Å²) in [6.07, 6.45) is 1.78. The Bertz CT molecular complexity index is 111. The van der Waals surface area contributed by atoms with Gasteiger partial charge in [-0.1, -0.05) is 0 Å². The minimum atomic E-state index is 0.289. The van der Waals surface area contributed by atoms with Gasteiger partial charge >= 0.3 is 0 Å². The van der Waals surface area contributed by atoms with Gasteiger partial charge in [0.1, 0.15) is 0 Å². The highest BCUT2D eigenvalue weighted by atomic mass is 16.2. The van der Waals surface area contributed by atoms with Crippen LogP contribution in [0.15, 0.2) is 0 Å². The molecule has 0 radical (unpaired) electrons. The summed E-state index contributed by atoms with van der Waals surface area (Å²) in [5.41, 5.74) is 0. The average molecular weight is 113 g/mol. The average Bonchev–Trinajstić information content (AvgIpc) is 1.98. The Morgan fingerprint density at radius 1 is 1.75 bits per heavy atom. The molecule has 2 heteroatoms. The van der Waals surface area contributed by atoms with Crippen molar-refractivity contribution >= 4 is 5.91 Å². The van der Waals surface area contributed by atoms with Gasteiger partial charge in [-0.15, -0.1) is 0 Å². The third-order valence-corrected chi connectivity index (χ3v) is 1.83. The van der Waals surface area contributed by atoms with Crippen molar-refractivity contribution in [3.8, 4) is 0 Å². The van der Waals surface area contributed by atoms with Crippen molar-refractivity contribution in [2.24, 2.45) is 0 Å². The molecule has 1 aliphatic heterocycles. The van der Waals surface area contributed by atoms with Crippen LogP contribution in [0.25, 0.3) is 0 Å². The first-order valence-electron chi connectivity index (χ1n) is 2.97. The number of nitrogens with zero attached hydrogens (tertiary/aromatic N) is 1. The predicted octanol–water partition coefficient (Wildman–Crippen LogP) is 0.627. The van der Waals surface area contributed by atoms with Crippen LogP contribution in [0.3, 0.4) is 0 Å². The molecule has 2 nitrogen and oxygen atoms in total. The molecule has 1 heterocycles. The summed E-state index contributed by atoms with van der Waals surface area (Å²) in [6.45, 7) is 2.07. The maximum absolute atomic E-state index is 10.7. The number of amides is 1. The molecular formula is C6H11NO. The number of hydrogen-bond donors (Lipinski definition) is 0. The molecule has 0 aromatic heterocycles. The fraction of sp³-hybridized carbons (Fsp3) is 0.833. The lowest BCUT2D eigenvalue weighted by Crippen LogP contribution is -2.25. The quantitative estimate of drug-likeness (QED) is 0.451. The van der Waals surface area contributed by atoms with E-state index < -0.39 is 0 Å². The number of hydrogen-bond acceptors (Lipinski definition) is 1. The Hall–Kier alpha value is -0.530. The van der Waals surface area contributed by atoms with Gasteiger partial charge in [-0.3, -0.25) is 4.79 Å². The molecule has 0 aliphatic carbocycles. The zero-order valence-corrected chi connectivity index (χ0v) is 5.35. The molecule has 1 rings (SSSR count). The molecule has 0 bridgehead atoms. The van der Waals surface area contributed by atoms with E-state index in [1.165, 1.54) is 0 Å². The van der Waals surface area contributed by atoms with Crippen LogP contribution in [0, 0.1) is 0 Å². The van der Waals surface area contributed by atoms with Gasteiger partial charge in [0, 0.05) is 19.5 Å². The van der Waals surface area contributed by atoms with E-state index in [9.17, 15) is 4.79 Å². The number of carbonyl (C=O) groups is 1. The summed E-state index contributed by atoms with van der Waals surface area (Å²) in [5, 5.41) is 0. The Balaban J connectivity index is 2.56. The van der Waals surface area contributed by atoms with Crippen molar-refractivity contribution in [2.45, 2.75) is 25.8 Å². The highest BCUT2D eigenvalue weighted by Gasteiger charge is 2.22. The zero-order valence-electron chi connectivity index (χ0n) is 5.35. The van der Waals surface area contributed by atoms with Crippen LogP contribution in [-0.2, 0) is 4.79 Å². The molecular weight excluding hydrogens is 102 g/mol. The molecule has 0 aromatic carbocycles. The Morgan fingerprint density at radius 2 is 2.38 bits per heavy atom. The number of carbonyl (C=O) groups excluding carboxylic acids is 1. The first kappa shape index (κ1) is 5.60. The van der Waals surface area contributed by atoms with Crippen LogP contribution in [0.2, 0.25) is 0 Å². The first-order valence-corrected chi connectivity index (χ1v) is 2.97. The van der Waals surface area contributed by atoms with E-state index in [0.29, 0.717) is 6.04 Å². The van der Waals surface area contributed by atoms with Gasteiger partial charge in [-0.05, 0) is 13.3 Å². The number of rotatable bonds is 0. The van der Waals surface area contributed by atoms with Gasteiger partial charge in [0.25, 0.3) is 0 Å². The van der Waals surface area contributed by atoms with E-state index in [4.69, 9.17) is 0 Å². The molecule has 0 saturated carbocycles. The summed E-state index contributed by atoms with van der Waals surface area (Å²) in [4.78, 5) is 12.5. The lowest BCUT2D eigenvalue weighted by atomic mass is 10.2. The summed E-state index contributed by atoms with van der Waals surface area (Å²) in [6, 6.07) is 0.475. The second-order valence-electron chi connectivity index (χ2n) is 2.39. The molecule has 1 fully saturated rings. The highest BCUT2D eigenvalue weighted by Crippen LogP contribution is 2.14. The third-order valence-electron chi connectivity index (χ3n) is 1.83. The minimum absolute atomic E-state index is 0.289. The second-order valence-corrected chi connectivity index (χ2v) is 2.39. The van der Waals surface area contributed by atoms with Crippen LogP contribution < -0.4 is 0 Å². The summed E-state index contributed by atoms with van der Waals surface area (Å²) in [7, 11) is 1.86. The van der Waals surface area contributed by atoms with Crippen LogP contribution in [0.4, 0.5) is 0 Å². The predicted molar refractivity (Wildman–Crippen MR) is 31.5 cm³/mol. The van der Waals surface area contributed by atoms with E-state index in [0.717, 1.165) is 12.8 Å². The molecule has 46 valence electrons. The Labute approximate surface area is 49.5 Å². The van der Waals surface area contributed by atoms with Gasteiger partial charge in [0.05, 0.1) is 0 Å². The SMILES string of the molecule is CC1CCC(=O)N1C. The normalized spacial score (nSPS) is 29.5. The van der Waals surface area contributed by atoms with Crippen molar-refractivity contribution in [1.29, 1.82) is 0 Å². The van der Waals surface area contributed by atoms with Crippen LogP contribution in [0.1, 0.15) is 19.8 Å². The van der Waals surface area contributed by atoms with E-state index in [1.54, 1.807) is 4.90 Å². The first-order chi connectivity index (χ1) is 3.72. The standard InChI is InChI=1S/C6H11NO/c1-5-3-4-6(8)7(5)2/h5H,3-4H2,1-2H3. The monoisotopic (exact) mass is 113 g/mol. The van der Waals surface area contributed by atoms with Gasteiger partial charge in [-0.2, -0.15) is 0 Å². The summed E-state index contributed by atoms with van der Waals surface area (Å²) >= 11 is 0. The van der Waals surface area contributed by atoms with Gasteiger partial charge in [0.15, 0.2) is 0 Å². The lowest BCUT2D eigenvalue weighted by Gasteiger charge is -2.13. The third kappa shape index (κ3) is 0.703. The van der Waals surface area contributed by atoms with Crippen molar-refractivity contribution in [3.05, 3.63) is 0 Å².